The van der Waals surface area contributed by atoms with E-state index < -0.39 is 0 Å². The summed E-state index contributed by atoms with van der Waals surface area (Å²) < 4.78 is 0. The van der Waals surface area contributed by atoms with Crippen LogP contribution in [0.3, 0.4) is 0 Å². The van der Waals surface area contributed by atoms with Gasteiger partial charge in [0.25, 0.3) is 0 Å². The maximum Gasteiger partial charge on any atom is 0.223 e. The molecule has 3 rings (SSSR count). The second-order valence-corrected chi connectivity index (χ2v) is 8.85. The van der Waals surface area contributed by atoms with E-state index in [1.165, 1.54) is 62.5 Å². The van der Waals surface area contributed by atoms with Crippen molar-refractivity contribution < 1.29 is 9.59 Å². The molecule has 2 N–H and O–H groups in total. The van der Waals surface area contributed by atoms with E-state index in [4.69, 9.17) is 0 Å². The zero-order chi connectivity index (χ0) is 19.6. The average molecular weight is 387 g/mol. The Morgan fingerprint density at radius 3 is 1.50 bits per heavy atom. The third-order valence-electron chi connectivity index (χ3n) is 6.73. The quantitative estimate of drug-likeness (QED) is 0.588. The van der Waals surface area contributed by atoms with Crippen LogP contribution in [-0.4, -0.2) is 24.9 Å². The summed E-state index contributed by atoms with van der Waals surface area (Å²) in [4.78, 5) is 24.9. The molecule has 0 spiro atoms. The number of hydrogen-bond donors (Lipinski definition) is 2. The number of rotatable bonds is 8. The van der Waals surface area contributed by atoms with Gasteiger partial charge in [0.05, 0.1) is 0 Å². The van der Waals surface area contributed by atoms with E-state index in [0.29, 0.717) is 0 Å². The van der Waals surface area contributed by atoms with Gasteiger partial charge in [0, 0.05) is 24.9 Å². The van der Waals surface area contributed by atoms with Crippen LogP contribution in [0.4, 0.5) is 0 Å². The zero-order valence-corrected chi connectivity index (χ0v) is 17.4. The Bertz CT molecular complexity index is 533. The maximum atomic E-state index is 12.4. The van der Waals surface area contributed by atoms with Crippen LogP contribution < -0.4 is 10.6 Å². The molecule has 0 heterocycles. The highest BCUT2D eigenvalue weighted by Gasteiger charge is 2.29. The highest BCUT2D eigenvalue weighted by molar-refractivity contribution is 5.81. The van der Waals surface area contributed by atoms with Gasteiger partial charge in [0.2, 0.25) is 11.8 Å². The molecule has 156 valence electrons. The monoisotopic (exact) mass is 386 g/mol. The first-order valence-corrected chi connectivity index (χ1v) is 11.6. The van der Waals surface area contributed by atoms with Crippen LogP contribution in [0.1, 0.15) is 89.9 Å². The smallest absolute Gasteiger partial charge is 0.223 e. The Morgan fingerprint density at radius 2 is 1.14 bits per heavy atom. The fourth-order valence-corrected chi connectivity index (χ4v) is 4.86. The molecule has 0 bridgehead atoms. The SMILES string of the molecule is O=C(NCCC1=CCCCC1)C1CCC(C(=O)NCCC2=CCCCC2)CC1. The van der Waals surface area contributed by atoms with Crippen LogP contribution in [0.5, 0.6) is 0 Å². The minimum absolute atomic E-state index is 0.0942. The molecule has 0 atom stereocenters. The molecule has 1 fully saturated rings. The fourth-order valence-electron chi connectivity index (χ4n) is 4.86. The summed E-state index contributed by atoms with van der Waals surface area (Å²) in [7, 11) is 0. The van der Waals surface area contributed by atoms with Crippen molar-refractivity contribution in [3.63, 3.8) is 0 Å². The van der Waals surface area contributed by atoms with Crippen LogP contribution in [-0.2, 0) is 9.59 Å². The predicted molar refractivity (Wildman–Crippen MR) is 114 cm³/mol. The lowest BCUT2D eigenvalue weighted by Gasteiger charge is -2.27. The van der Waals surface area contributed by atoms with E-state index >= 15 is 0 Å². The summed E-state index contributed by atoms with van der Waals surface area (Å²) in [6.45, 7) is 1.53. The molecule has 1 saturated carbocycles. The second-order valence-electron chi connectivity index (χ2n) is 8.85. The van der Waals surface area contributed by atoms with Gasteiger partial charge in [-0.15, -0.1) is 0 Å². The molecule has 4 heteroatoms. The Kier molecular flexibility index (Phi) is 8.63. The van der Waals surface area contributed by atoms with E-state index in [1.807, 2.05) is 0 Å². The van der Waals surface area contributed by atoms with Crippen LogP contribution in [0, 0.1) is 11.8 Å². The Labute approximate surface area is 170 Å². The Morgan fingerprint density at radius 1 is 0.714 bits per heavy atom. The highest BCUT2D eigenvalue weighted by Crippen LogP contribution is 2.29. The van der Waals surface area contributed by atoms with Gasteiger partial charge >= 0.3 is 0 Å². The van der Waals surface area contributed by atoms with Crippen molar-refractivity contribution in [2.75, 3.05) is 13.1 Å². The normalized spacial score (nSPS) is 25.4. The molecule has 28 heavy (non-hydrogen) atoms. The van der Waals surface area contributed by atoms with Crippen molar-refractivity contribution in [2.45, 2.75) is 89.9 Å². The molecule has 0 saturated heterocycles. The lowest BCUT2D eigenvalue weighted by Crippen LogP contribution is -2.38. The molecule has 0 aromatic heterocycles. The molecule has 4 nitrogen and oxygen atoms in total. The average Bonchev–Trinajstić information content (AvgIpc) is 2.75. The summed E-state index contributed by atoms with van der Waals surface area (Å²) in [5.74, 6) is 0.576. The van der Waals surface area contributed by atoms with Crippen LogP contribution >= 0.6 is 0 Å². The van der Waals surface area contributed by atoms with E-state index in [-0.39, 0.29) is 23.7 Å². The topological polar surface area (TPSA) is 58.2 Å². The lowest BCUT2D eigenvalue weighted by molar-refractivity contribution is -0.130. The minimum atomic E-state index is 0.0942. The zero-order valence-electron chi connectivity index (χ0n) is 17.4. The van der Waals surface area contributed by atoms with Crippen molar-refractivity contribution >= 4 is 11.8 Å². The van der Waals surface area contributed by atoms with Gasteiger partial charge in [-0.1, -0.05) is 23.3 Å². The molecule has 0 radical (unpaired) electrons. The highest BCUT2D eigenvalue weighted by atomic mass is 16.2. The summed E-state index contributed by atoms with van der Waals surface area (Å²) >= 11 is 0. The first-order chi connectivity index (χ1) is 13.7. The Balaban J connectivity index is 1.28. The molecule has 0 aromatic rings. The van der Waals surface area contributed by atoms with Gasteiger partial charge in [-0.3, -0.25) is 9.59 Å². The number of hydrogen-bond acceptors (Lipinski definition) is 2. The molecule has 0 aromatic carbocycles. The van der Waals surface area contributed by atoms with E-state index in [1.54, 1.807) is 0 Å². The largest absolute Gasteiger partial charge is 0.356 e. The fraction of sp³-hybridized carbons (Fsp3) is 0.750. The first kappa shape index (κ1) is 21.1. The van der Waals surface area contributed by atoms with Gasteiger partial charge in [-0.25, -0.2) is 0 Å². The number of nitrogens with one attached hydrogen (secondary N) is 2. The lowest BCUT2D eigenvalue weighted by atomic mass is 9.81. The van der Waals surface area contributed by atoms with Crippen molar-refractivity contribution in [2.24, 2.45) is 11.8 Å². The maximum absolute atomic E-state index is 12.4. The number of amides is 2. The Hall–Kier alpha value is -1.58. The van der Waals surface area contributed by atoms with Gasteiger partial charge in [0.1, 0.15) is 0 Å². The van der Waals surface area contributed by atoms with Crippen molar-refractivity contribution in [3.05, 3.63) is 23.3 Å². The predicted octanol–water partition coefficient (Wildman–Crippen LogP) is 4.81. The second kappa shape index (κ2) is 11.4. The standard InChI is InChI=1S/C24H38N2O2/c27-23(25-17-15-19-7-3-1-4-8-19)21-11-13-22(14-12-21)24(28)26-18-16-20-9-5-2-6-10-20/h7,9,21-22H,1-6,8,10-18H2,(H,25,27)(H,26,28). The molecule has 2 amide bonds. The van der Waals surface area contributed by atoms with Crippen LogP contribution in [0.15, 0.2) is 23.3 Å². The first-order valence-electron chi connectivity index (χ1n) is 11.6. The molecule has 0 aliphatic heterocycles. The van der Waals surface area contributed by atoms with Crippen molar-refractivity contribution in [1.82, 2.24) is 10.6 Å². The summed E-state index contributed by atoms with van der Waals surface area (Å²) in [6.07, 6.45) is 20.1. The van der Waals surface area contributed by atoms with Crippen molar-refractivity contribution in [1.29, 1.82) is 0 Å². The summed E-state index contributed by atoms with van der Waals surface area (Å²) in [6, 6.07) is 0. The third kappa shape index (κ3) is 6.79. The number of carbonyl (C=O) groups excluding carboxylic acids is 2. The minimum Gasteiger partial charge on any atom is -0.356 e. The number of allylic oxidation sites excluding steroid dienone is 2. The van der Waals surface area contributed by atoms with Gasteiger partial charge in [-0.05, 0) is 89.9 Å². The van der Waals surface area contributed by atoms with E-state index in [0.717, 1.165) is 51.6 Å². The molecule has 3 aliphatic rings. The van der Waals surface area contributed by atoms with Gasteiger partial charge in [0.15, 0.2) is 0 Å². The van der Waals surface area contributed by atoms with Gasteiger partial charge in [-0.2, -0.15) is 0 Å². The molecule has 0 unspecified atom stereocenters. The summed E-state index contributed by atoms with van der Waals surface area (Å²) in [5, 5.41) is 6.26. The van der Waals surface area contributed by atoms with E-state index in [9.17, 15) is 9.59 Å². The van der Waals surface area contributed by atoms with Gasteiger partial charge < -0.3 is 10.6 Å². The summed E-state index contributed by atoms with van der Waals surface area (Å²) in [5.41, 5.74) is 3.02. The molecular weight excluding hydrogens is 348 g/mol. The van der Waals surface area contributed by atoms with E-state index in [2.05, 4.69) is 22.8 Å². The van der Waals surface area contributed by atoms with Crippen molar-refractivity contribution in [3.8, 4) is 0 Å². The number of carbonyl (C=O) groups is 2. The van der Waals surface area contributed by atoms with Crippen LogP contribution in [0.2, 0.25) is 0 Å². The molecule has 3 aliphatic carbocycles. The van der Waals surface area contributed by atoms with Crippen LogP contribution in [0.25, 0.3) is 0 Å². The third-order valence-corrected chi connectivity index (χ3v) is 6.73. The molecular formula is C24H38N2O2.